The zero-order valence-electron chi connectivity index (χ0n) is 13.4. The van der Waals surface area contributed by atoms with Gasteiger partial charge in [0, 0.05) is 25.3 Å². The Balaban J connectivity index is 3.11. The average Bonchev–Trinajstić information content (AvgIpc) is 2.51. The van der Waals surface area contributed by atoms with Gasteiger partial charge in [0.05, 0.1) is 13.7 Å². The number of hydrogen-bond acceptors (Lipinski definition) is 4. The third-order valence-corrected chi connectivity index (χ3v) is 3.54. The first-order chi connectivity index (χ1) is 11.3. The summed E-state index contributed by atoms with van der Waals surface area (Å²) in [5, 5.41) is 10.2. The van der Waals surface area contributed by atoms with Crippen molar-refractivity contribution in [1.82, 2.24) is 5.06 Å². The SMILES string of the molecule is CON(C)C(=O)CN(C)c1ccc(C(O)(C(F)(F)F)C(F)(F)F)cc1. The molecule has 0 fully saturated rings. The fourth-order valence-corrected chi connectivity index (χ4v) is 1.94. The zero-order valence-corrected chi connectivity index (χ0v) is 13.4. The number of nitrogens with zero attached hydrogens (tertiary/aromatic N) is 2. The minimum atomic E-state index is -5.95. The Morgan fingerprint density at radius 1 is 1.04 bits per heavy atom. The molecule has 142 valence electrons. The third-order valence-electron chi connectivity index (χ3n) is 3.54. The molecule has 0 aliphatic carbocycles. The number of amides is 1. The Bertz CT molecular complexity index is 586. The van der Waals surface area contributed by atoms with E-state index < -0.39 is 29.4 Å². The monoisotopic (exact) mass is 374 g/mol. The van der Waals surface area contributed by atoms with Crippen LogP contribution < -0.4 is 4.90 Å². The third kappa shape index (κ3) is 4.15. The molecule has 0 unspecified atom stereocenters. The second kappa shape index (κ2) is 7.08. The maximum atomic E-state index is 12.8. The van der Waals surface area contributed by atoms with Crippen molar-refractivity contribution >= 4 is 11.6 Å². The van der Waals surface area contributed by atoms with Gasteiger partial charge in [0.2, 0.25) is 0 Å². The van der Waals surface area contributed by atoms with Crippen molar-refractivity contribution in [3.05, 3.63) is 29.8 Å². The summed E-state index contributed by atoms with van der Waals surface area (Å²) in [5.74, 6) is -0.490. The molecule has 0 atom stereocenters. The van der Waals surface area contributed by atoms with Gasteiger partial charge in [-0.25, -0.2) is 5.06 Å². The van der Waals surface area contributed by atoms with E-state index in [2.05, 4.69) is 4.84 Å². The van der Waals surface area contributed by atoms with Crippen molar-refractivity contribution in [2.24, 2.45) is 0 Å². The summed E-state index contributed by atoms with van der Waals surface area (Å²) in [6, 6.07) is 2.91. The molecule has 0 radical (unpaired) electrons. The molecule has 0 heterocycles. The molecule has 11 heteroatoms. The molecule has 1 aromatic carbocycles. The lowest BCUT2D eigenvalue weighted by molar-refractivity contribution is -0.376. The lowest BCUT2D eigenvalue weighted by atomic mass is 9.92. The number of aliphatic hydroxyl groups is 1. The molecule has 1 amide bonds. The molecule has 5 nitrogen and oxygen atoms in total. The van der Waals surface area contributed by atoms with E-state index in [1.165, 1.54) is 26.1 Å². The van der Waals surface area contributed by atoms with Crippen molar-refractivity contribution in [3.8, 4) is 0 Å². The quantitative estimate of drug-likeness (QED) is 0.636. The topological polar surface area (TPSA) is 53.0 Å². The lowest BCUT2D eigenvalue weighted by Gasteiger charge is -2.33. The number of alkyl halides is 6. The highest BCUT2D eigenvalue weighted by molar-refractivity contribution is 5.80. The van der Waals surface area contributed by atoms with Crippen molar-refractivity contribution < 1.29 is 41.1 Å². The van der Waals surface area contributed by atoms with Crippen LogP contribution in [0.5, 0.6) is 0 Å². The van der Waals surface area contributed by atoms with Gasteiger partial charge in [-0.05, 0) is 12.1 Å². The standard InChI is InChI=1S/C14H16F6N2O3/c1-21(8-11(23)22(2)25-3)10-6-4-9(5-7-10)12(24,13(15,16)17)14(18,19)20/h4-7,24H,8H2,1-3H3. The Hall–Kier alpha value is -2.01. The van der Waals surface area contributed by atoms with E-state index in [1.807, 2.05) is 0 Å². The maximum Gasteiger partial charge on any atom is 0.430 e. The van der Waals surface area contributed by atoms with Crippen LogP contribution in [0.15, 0.2) is 24.3 Å². The second-order valence-electron chi connectivity index (χ2n) is 5.18. The zero-order chi connectivity index (χ0) is 19.6. The smallest absolute Gasteiger partial charge is 0.369 e. The van der Waals surface area contributed by atoms with Crippen LogP contribution in [0.25, 0.3) is 0 Å². The number of hydroxylamine groups is 2. The Kier molecular flexibility index (Phi) is 5.96. The van der Waals surface area contributed by atoms with Crippen LogP contribution in [-0.2, 0) is 15.2 Å². The molecule has 25 heavy (non-hydrogen) atoms. The number of rotatable bonds is 5. The van der Waals surface area contributed by atoms with Crippen LogP contribution in [0.2, 0.25) is 0 Å². The van der Waals surface area contributed by atoms with Crippen molar-refractivity contribution in [1.29, 1.82) is 0 Å². The van der Waals surface area contributed by atoms with Crippen LogP contribution in [0.4, 0.5) is 32.0 Å². The summed E-state index contributed by atoms with van der Waals surface area (Å²) in [6.45, 7) is -0.230. The minimum Gasteiger partial charge on any atom is -0.369 e. The highest BCUT2D eigenvalue weighted by Gasteiger charge is 2.71. The number of carbonyl (C=O) groups excluding carboxylic acids is 1. The summed E-state index contributed by atoms with van der Waals surface area (Å²) in [7, 11) is 4.00. The number of halogens is 6. The van der Waals surface area contributed by atoms with Gasteiger partial charge in [-0.3, -0.25) is 9.63 Å². The molecule has 0 saturated carbocycles. The number of anilines is 1. The van der Waals surface area contributed by atoms with Gasteiger partial charge in [0.15, 0.2) is 0 Å². The normalized spacial score (nSPS) is 12.9. The largest absolute Gasteiger partial charge is 0.430 e. The molecule has 1 rings (SSSR count). The Labute approximate surface area is 139 Å². The Morgan fingerprint density at radius 3 is 1.84 bits per heavy atom. The summed E-state index contributed by atoms with van der Waals surface area (Å²) < 4.78 is 76.8. The Morgan fingerprint density at radius 2 is 1.48 bits per heavy atom. The van der Waals surface area contributed by atoms with Gasteiger partial charge in [0.1, 0.15) is 0 Å². The molecule has 0 aliphatic rings. The highest BCUT2D eigenvalue weighted by Crippen LogP contribution is 2.50. The van der Waals surface area contributed by atoms with E-state index in [1.54, 1.807) is 0 Å². The average molecular weight is 374 g/mol. The lowest BCUT2D eigenvalue weighted by Crippen LogP contribution is -2.53. The van der Waals surface area contributed by atoms with E-state index in [-0.39, 0.29) is 12.2 Å². The van der Waals surface area contributed by atoms with E-state index in [9.17, 15) is 36.2 Å². The highest BCUT2D eigenvalue weighted by atomic mass is 19.4. The summed E-state index contributed by atoms with van der Waals surface area (Å²) in [6.07, 6.45) is -11.9. The van der Waals surface area contributed by atoms with Crippen LogP contribution in [0.3, 0.4) is 0 Å². The second-order valence-corrected chi connectivity index (χ2v) is 5.18. The predicted molar refractivity (Wildman–Crippen MR) is 75.5 cm³/mol. The predicted octanol–water partition coefficient (Wildman–Crippen LogP) is 2.45. The first kappa shape index (κ1) is 21.0. The van der Waals surface area contributed by atoms with Crippen LogP contribution >= 0.6 is 0 Å². The summed E-state index contributed by atoms with van der Waals surface area (Å²) >= 11 is 0. The van der Waals surface area contributed by atoms with Gasteiger partial charge in [-0.2, -0.15) is 26.3 Å². The van der Waals surface area contributed by atoms with Crippen LogP contribution in [-0.4, -0.2) is 56.2 Å². The summed E-state index contributed by atoms with van der Waals surface area (Å²) in [4.78, 5) is 17.6. The van der Waals surface area contributed by atoms with E-state index in [0.717, 1.165) is 17.2 Å². The molecule has 0 bridgehead atoms. The van der Waals surface area contributed by atoms with Crippen molar-refractivity contribution in [3.63, 3.8) is 0 Å². The maximum absolute atomic E-state index is 12.8. The number of benzene rings is 1. The molecule has 0 spiro atoms. The first-order valence-corrected chi connectivity index (χ1v) is 6.74. The van der Waals surface area contributed by atoms with Gasteiger partial charge >= 0.3 is 12.4 Å². The fraction of sp³-hybridized carbons (Fsp3) is 0.500. The fourth-order valence-electron chi connectivity index (χ4n) is 1.94. The molecule has 0 aliphatic heterocycles. The molecule has 0 saturated heterocycles. The van der Waals surface area contributed by atoms with Crippen molar-refractivity contribution in [2.75, 3.05) is 32.6 Å². The molecule has 0 aromatic heterocycles. The van der Waals surface area contributed by atoms with E-state index >= 15 is 0 Å². The summed E-state index contributed by atoms with van der Waals surface area (Å²) in [5.41, 5.74) is -6.18. The van der Waals surface area contributed by atoms with Crippen LogP contribution in [0, 0.1) is 0 Å². The molecule has 1 aromatic rings. The van der Waals surface area contributed by atoms with E-state index in [0.29, 0.717) is 12.1 Å². The van der Waals surface area contributed by atoms with Gasteiger partial charge in [0.25, 0.3) is 11.5 Å². The molecular weight excluding hydrogens is 358 g/mol. The van der Waals surface area contributed by atoms with E-state index in [4.69, 9.17) is 0 Å². The number of hydrogen-bond donors (Lipinski definition) is 1. The number of carbonyl (C=O) groups is 1. The molecule has 1 N–H and O–H groups in total. The van der Waals surface area contributed by atoms with Gasteiger partial charge < -0.3 is 10.0 Å². The minimum absolute atomic E-state index is 0.174. The van der Waals surface area contributed by atoms with Gasteiger partial charge in [-0.1, -0.05) is 12.1 Å². The van der Waals surface area contributed by atoms with Crippen LogP contribution in [0.1, 0.15) is 5.56 Å². The first-order valence-electron chi connectivity index (χ1n) is 6.74. The molecular formula is C14H16F6N2O3. The van der Waals surface area contributed by atoms with Crippen molar-refractivity contribution in [2.45, 2.75) is 18.0 Å². The number of likely N-dealkylation sites (N-methyl/N-ethyl adjacent to an activating group) is 2. The van der Waals surface area contributed by atoms with Gasteiger partial charge in [-0.15, -0.1) is 0 Å².